The second-order valence-corrected chi connectivity index (χ2v) is 6.85. The zero-order valence-corrected chi connectivity index (χ0v) is 15.7. The van der Waals surface area contributed by atoms with Crippen LogP contribution in [0.1, 0.15) is 50.4 Å². The summed E-state index contributed by atoms with van der Waals surface area (Å²) in [6.07, 6.45) is 9.14. The second-order valence-electron chi connectivity index (χ2n) is 6.85. The lowest BCUT2D eigenvalue weighted by atomic mass is 9.96. The van der Waals surface area contributed by atoms with Crippen molar-refractivity contribution in [3.05, 3.63) is 48.0 Å². The summed E-state index contributed by atoms with van der Waals surface area (Å²) in [5.41, 5.74) is 1.23. The third-order valence-corrected chi connectivity index (χ3v) is 4.87. The number of rotatable bonds is 7. The number of aromatic nitrogens is 3. The van der Waals surface area contributed by atoms with Crippen LogP contribution < -0.4 is 10.6 Å². The molecule has 1 aromatic carbocycles. The summed E-state index contributed by atoms with van der Waals surface area (Å²) in [4.78, 5) is 4.80. The molecule has 0 spiro atoms. The van der Waals surface area contributed by atoms with Crippen LogP contribution in [0.15, 0.2) is 41.7 Å². The first kappa shape index (κ1) is 18.4. The van der Waals surface area contributed by atoms with Gasteiger partial charge in [0.05, 0.1) is 6.54 Å². The third kappa shape index (κ3) is 5.58. The molecule has 140 valence electrons. The van der Waals surface area contributed by atoms with Crippen LogP contribution in [-0.2, 0) is 19.5 Å². The van der Waals surface area contributed by atoms with Crippen molar-refractivity contribution < 1.29 is 0 Å². The van der Waals surface area contributed by atoms with Gasteiger partial charge in [-0.2, -0.15) is 0 Å². The van der Waals surface area contributed by atoms with Gasteiger partial charge < -0.3 is 15.2 Å². The van der Waals surface area contributed by atoms with E-state index in [4.69, 9.17) is 4.99 Å². The highest BCUT2D eigenvalue weighted by atomic mass is 15.3. The number of nitrogens with one attached hydrogen (secondary N) is 2. The molecule has 0 saturated heterocycles. The molecule has 1 fully saturated rings. The van der Waals surface area contributed by atoms with Crippen molar-refractivity contribution in [3.8, 4) is 0 Å². The molecule has 1 saturated carbocycles. The van der Waals surface area contributed by atoms with E-state index in [2.05, 4.69) is 56.6 Å². The molecule has 0 aliphatic heterocycles. The molecule has 0 amide bonds. The van der Waals surface area contributed by atoms with Crippen molar-refractivity contribution in [1.29, 1.82) is 0 Å². The molecule has 6 nitrogen and oxygen atoms in total. The molecule has 1 aliphatic carbocycles. The first-order valence-corrected chi connectivity index (χ1v) is 9.80. The summed E-state index contributed by atoms with van der Waals surface area (Å²) in [6.45, 7) is 4.44. The van der Waals surface area contributed by atoms with Crippen LogP contribution in [0.4, 0.5) is 0 Å². The maximum Gasteiger partial charge on any atom is 0.191 e. The average molecular weight is 355 g/mol. The minimum absolute atomic E-state index is 0.534. The van der Waals surface area contributed by atoms with Crippen LogP contribution in [0.3, 0.4) is 0 Å². The summed E-state index contributed by atoms with van der Waals surface area (Å²) in [5, 5.41) is 15.3. The molecule has 0 unspecified atom stereocenters. The summed E-state index contributed by atoms with van der Waals surface area (Å²) >= 11 is 0. The van der Waals surface area contributed by atoms with Gasteiger partial charge in [0.15, 0.2) is 5.96 Å². The van der Waals surface area contributed by atoms with Crippen LogP contribution in [-0.4, -0.2) is 33.3 Å². The quantitative estimate of drug-likeness (QED) is 0.593. The number of benzene rings is 1. The second kappa shape index (κ2) is 9.94. The molecule has 1 aromatic heterocycles. The molecule has 6 heteroatoms. The van der Waals surface area contributed by atoms with E-state index in [1.807, 2.05) is 6.07 Å². The Labute approximate surface area is 156 Å². The van der Waals surface area contributed by atoms with Gasteiger partial charge in [-0.25, -0.2) is 4.99 Å². The van der Waals surface area contributed by atoms with Gasteiger partial charge in [0.25, 0.3) is 0 Å². The number of hydrogen-bond donors (Lipinski definition) is 2. The Morgan fingerprint density at radius 1 is 1.19 bits per heavy atom. The minimum Gasteiger partial charge on any atom is -0.355 e. The van der Waals surface area contributed by atoms with Crippen LogP contribution in [0, 0.1) is 0 Å². The molecule has 26 heavy (non-hydrogen) atoms. The smallest absolute Gasteiger partial charge is 0.191 e. The lowest BCUT2D eigenvalue weighted by Crippen LogP contribution is -2.45. The number of aryl methyl sites for hydroxylation is 1. The summed E-state index contributed by atoms with van der Waals surface area (Å²) in [5.74, 6) is 1.93. The number of guanidine groups is 1. The zero-order valence-electron chi connectivity index (χ0n) is 15.7. The Kier molecular flexibility index (Phi) is 7.05. The Balaban J connectivity index is 1.58. The highest BCUT2D eigenvalue weighted by Crippen LogP contribution is 2.17. The first-order valence-electron chi connectivity index (χ1n) is 9.80. The summed E-state index contributed by atoms with van der Waals surface area (Å²) in [6, 6.07) is 10.9. The predicted octanol–water partition coefficient (Wildman–Crippen LogP) is 2.91. The molecule has 0 radical (unpaired) electrons. The van der Waals surface area contributed by atoms with Crippen LogP contribution in [0.25, 0.3) is 0 Å². The van der Waals surface area contributed by atoms with E-state index in [9.17, 15) is 0 Å². The van der Waals surface area contributed by atoms with Gasteiger partial charge in [0.1, 0.15) is 12.2 Å². The van der Waals surface area contributed by atoms with Crippen molar-refractivity contribution >= 4 is 5.96 Å². The van der Waals surface area contributed by atoms with E-state index < -0.39 is 0 Å². The molecule has 3 rings (SSSR count). The van der Waals surface area contributed by atoms with Crippen molar-refractivity contribution in [3.63, 3.8) is 0 Å². The standard InChI is InChI=1S/C20H30N6/c1-2-19-25-23-16-26(19)14-13-21-20(24-18-11-7-4-8-12-18)22-15-17-9-5-3-6-10-17/h3,5-6,9-10,16,18H,2,4,7-8,11-15H2,1H3,(H2,21,22,24). The lowest BCUT2D eigenvalue weighted by Gasteiger charge is -2.25. The van der Waals surface area contributed by atoms with Gasteiger partial charge in [-0.05, 0) is 18.4 Å². The van der Waals surface area contributed by atoms with Gasteiger partial charge in [0.2, 0.25) is 0 Å². The van der Waals surface area contributed by atoms with E-state index in [1.165, 1.54) is 37.7 Å². The number of aliphatic imine (C=N–C) groups is 1. The maximum absolute atomic E-state index is 4.80. The molecule has 2 aromatic rings. The van der Waals surface area contributed by atoms with Gasteiger partial charge in [-0.3, -0.25) is 0 Å². The predicted molar refractivity (Wildman–Crippen MR) is 105 cm³/mol. The van der Waals surface area contributed by atoms with E-state index in [0.29, 0.717) is 12.6 Å². The topological polar surface area (TPSA) is 67.1 Å². The van der Waals surface area contributed by atoms with E-state index in [0.717, 1.165) is 31.3 Å². The molecule has 0 bridgehead atoms. The van der Waals surface area contributed by atoms with Gasteiger partial charge >= 0.3 is 0 Å². The van der Waals surface area contributed by atoms with Gasteiger partial charge in [0, 0.05) is 25.6 Å². The Bertz CT molecular complexity index is 673. The number of hydrogen-bond acceptors (Lipinski definition) is 3. The Morgan fingerprint density at radius 2 is 2.00 bits per heavy atom. The molecule has 2 N–H and O–H groups in total. The Hall–Kier alpha value is -2.37. The average Bonchev–Trinajstić information content (AvgIpc) is 3.15. The fourth-order valence-corrected chi connectivity index (χ4v) is 3.38. The fourth-order valence-electron chi connectivity index (χ4n) is 3.38. The fraction of sp³-hybridized carbons (Fsp3) is 0.550. The van der Waals surface area contributed by atoms with Gasteiger partial charge in [-0.1, -0.05) is 56.5 Å². The molecule has 1 heterocycles. The largest absolute Gasteiger partial charge is 0.355 e. The van der Waals surface area contributed by atoms with Gasteiger partial charge in [-0.15, -0.1) is 10.2 Å². The normalized spacial score (nSPS) is 15.8. The van der Waals surface area contributed by atoms with E-state index in [1.54, 1.807) is 6.33 Å². The molecular weight excluding hydrogens is 324 g/mol. The van der Waals surface area contributed by atoms with Crippen LogP contribution in [0.2, 0.25) is 0 Å². The Morgan fingerprint density at radius 3 is 2.77 bits per heavy atom. The van der Waals surface area contributed by atoms with Crippen molar-refractivity contribution in [2.75, 3.05) is 6.54 Å². The van der Waals surface area contributed by atoms with Crippen molar-refractivity contribution in [2.24, 2.45) is 4.99 Å². The summed E-state index contributed by atoms with van der Waals surface area (Å²) in [7, 11) is 0. The number of nitrogens with zero attached hydrogens (tertiary/aromatic N) is 4. The van der Waals surface area contributed by atoms with Crippen LogP contribution >= 0.6 is 0 Å². The van der Waals surface area contributed by atoms with E-state index in [-0.39, 0.29) is 0 Å². The van der Waals surface area contributed by atoms with E-state index >= 15 is 0 Å². The molecular formula is C20H30N6. The lowest BCUT2D eigenvalue weighted by molar-refractivity contribution is 0.409. The highest BCUT2D eigenvalue weighted by molar-refractivity contribution is 5.80. The summed E-state index contributed by atoms with van der Waals surface area (Å²) < 4.78 is 2.10. The zero-order chi connectivity index (χ0) is 18.0. The molecule has 0 atom stereocenters. The maximum atomic E-state index is 4.80. The third-order valence-electron chi connectivity index (χ3n) is 4.87. The highest BCUT2D eigenvalue weighted by Gasteiger charge is 2.14. The minimum atomic E-state index is 0.534. The molecule has 1 aliphatic rings. The van der Waals surface area contributed by atoms with Crippen molar-refractivity contribution in [2.45, 2.75) is 64.6 Å². The SMILES string of the molecule is CCc1nncn1CCNC(=NCc1ccccc1)NC1CCCCC1. The van der Waals surface area contributed by atoms with Crippen LogP contribution in [0.5, 0.6) is 0 Å². The monoisotopic (exact) mass is 354 g/mol. The van der Waals surface area contributed by atoms with Crippen molar-refractivity contribution in [1.82, 2.24) is 25.4 Å². The first-order chi connectivity index (χ1) is 12.8.